The van der Waals surface area contributed by atoms with Gasteiger partial charge in [-0.1, -0.05) is 0 Å². The third kappa shape index (κ3) is 2.18. The molecule has 1 atom stereocenters. The molecule has 2 N–H and O–H groups in total. The van der Waals surface area contributed by atoms with Crippen LogP contribution < -0.4 is 5.73 Å². The molecule has 1 aliphatic heterocycles. The monoisotopic (exact) mass is 298 g/mol. The number of hydrogen-bond donors (Lipinski definition) is 1. The molecule has 1 aliphatic rings. The molecule has 3 aromatic rings. The Kier molecular flexibility index (Phi) is 3.36. The Morgan fingerprint density at radius 1 is 1.23 bits per heavy atom. The fraction of sp³-hybridized carbons (Fsp3) is 0.400. The fourth-order valence-electron chi connectivity index (χ4n) is 3.00. The van der Waals surface area contributed by atoms with Crippen LogP contribution in [0.15, 0.2) is 31.0 Å². The lowest BCUT2D eigenvalue weighted by Gasteiger charge is -2.23. The van der Waals surface area contributed by atoms with E-state index in [9.17, 15) is 0 Å². The van der Waals surface area contributed by atoms with Crippen LogP contribution in [0, 0.1) is 0 Å². The van der Waals surface area contributed by atoms with Gasteiger partial charge in [0.15, 0.2) is 6.23 Å². The van der Waals surface area contributed by atoms with Gasteiger partial charge in [-0.05, 0) is 37.0 Å². The highest BCUT2D eigenvalue weighted by molar-refractivity contribution is 5.84. The molecule has 4 rings (SSSR count). The highest BCUT2D eigenvalue weighted by atomic mass is 16.5. The fourth-order valence-corrected chi connectivity index (χ4v) is 3.00. The molecule has 0 bridgehead atoms. The summed E-state index contributed by atoms with van der Waals surface area (Å²) in [5, 5.41) is 13.4. The van der Waals surface area contributed by atoms with E-state index >= 15 is 0 Å². The lowest BCUT2D eigenvalue weighted by atomic mass is 10.1. The maximum absolute atomic E-state index is 5.92. The quantitative estimate of drug-likeness (QED) is 0.796. The van der Waals surface area contributed by atoms with Crippen LogP contribution in [-0.2, 0) is 11.3 Å². The number of hydrogen-bond acceptors (Lipinski definition) is 5. The van der Waals surface area contributed by atoms with E-state index in [0.717, 1.165) is 41.6 Å². The zero-order valence-electron chi connectivity index (χ0n) is 12.2. The maximum atomic E-state index is 5.92. The zero-order chi connectivity index (χ0) is 14.9. The summed E-state index contributed by atoms with van der Waals surface area (Å²) in [5.74, 6) is 0. The smallest absolute Gasteiger partial charge is 0.150 e. The Bertz CT molecular complexity index is 773. The third-order valence-electron chi connectivity index (χ3n) is 4.15. The molecule has 3 heterocycles. The van der Waals surface area contributed by atoms with E-state index in [0.29, 0.717) is 6.54 Å². The number of ether oxygens (including phenoxy) is 1. The predicted octanol–water partition coefficient (Wildman–Crippen LogP) is 1.77. The zero-order valence-corrected chi connectivity index (χ0v) is 12.2. The summed E-state index contributed by atoms with van der Waals surface area (Å²) in [6.07, 6.45) is 8.53. The summed E-state index contributed by atoms with van der Waals surface area (Å²) in [6.45, 7) is 1.25. The molecule has 2 aromatic heterocycles. The van der Waals surface area contributed by atoms with Crippen LogP contribution in [0.2, 0.25) is 0 Å². The van der Waals surface area contributed by atoms with Gasteiger partial charge in [0.25, 0.3) is 0 Å². The van der Waals surface area contributed by atoms with Gasteiger partial charge in [0, 0.05) is 18.5 Å². The number of benzene rings is 1. The second-order valence-corrected chi connectivity index (χ2v) is 5.52. The van der Waals surface area contributed by atoms with E-state index in [4.69, 9.17) is 10.5 Å². The van der Waals surface area contributed by atoms with Crippen LogP contribution in [0.1, 0.15) is 31.1 Å². The number of rotatable bonds is 3. The first-order valence-corrected chi connectivity index (χ1v) is 7.53. The molecule has 1 aromatic carbocycles. The van der Waals surface area contributed by atoms with E-state index in [-0.39, 0.29) is 6.23 Å². The van der Waals surface area contributed by atoms with Crippen LogP contribution in [0.25, 0.3) is 16.6 Å². The minimum absolute atomic E-state index is 0.00744. The van der Waals surface area contributed by atoms with Crippen LogP contribution in [-0.4, -0.2) is 31.2 Å². The van der Waals surface area contributed by atoms with E-state index in [1.165, 1.54) is 6.42 Å². The minimum atomic E-state index is 0.00744. The summed E-state index contributed by atoms with van der Waals surface area (Å²) in [7, 11) is 0. The van der Waals surface area contributed by atoms with E-state index < -0.39 is 0 Å². The van der Waals surface area contributed by atoms with Crippen LogP contribution in [0.5, 0.6) is 0 Å². The Morgan fingerprint density at radius 3 is 2.82 bits per heavy atom. The van der Waals surface area contributed by atoms with Gasteiger partial charge in [0.1, 0.15) is 12.7 Å². The number of aromatic nitrogens is 5. The lowest BCUT2D eigenvalue weighted by Crippen LogP contribution is -2.19. The molecular formula is C15H18N6O. The molecule has 114 valence electrons. The molecule has 1 unspecified atom stereocenters. The van der Waals surface area contributed by atoms with Gasteiger partial charge in [0.05, 0.1) is 17.4 Å². The second-order valence-electron chi connectivity index (χ2n) is 5.52. The van der Waals surface area contributed by atoms with Crippen molar-refractivity contribution in [3.63, 3.8) is 0 Å². The van der Waals surface area contributed by atoms with Gasteiger partial charge in [-0.2, -0.15) is 5.10 Å². The Labute approximate surface area is 127 Å². The Balaban J connectivity index is 1.87. The topological polar surface area (TPSA) is 83.8 Å². The molecule has 7 nitrogen and oxygen atoms in total. The molecule has 1 saturated heterocycles. The van der Waals surface area contributed by atoms with Crippen molar-refractivity contribution in [2.75, 3.05) is 6.61 Å². The Hall–Kier alpha value is -2.25. The van der Waals surface area contributed by atoms with Crippen molar-refractivity contribution in [3.05, 3.63) is 36.5 Å². The number of fused-ring (bicyclic) bond motifs is 1. The van der Waals surface area contributed by atoms with Gasteiger partial charge >= 0.3 is 0 Å². The van der Waals surface area contributed by atoms with E-state index in [2.05, 4.69) is 27.4 Å². The van der Waals surface area contributed by atoms with Crippen molar-refractivity contribution in [2.45, 2.75) is 32.0 Å². The average molecular weight is 298 g/mol. The molecule has 7 heteroatoms. The maximum Gasteiger partial charge on any atom is 0.150 e. The second kappa shape index (κ2) is 5.51. The SMILES string of the molecule is NCc1cc(-n2cnnc2)cc2c1cnn2C1CCCCO1. The predicted molar refractivity (Wildman–Crippen MR) is 81.4 cm³/mol. The molecular weight excluding hydrogens is 280 g/mol. The third-order valence-corrected chi connectivity index (χ3v) is 4.15. The van der Waals surface area contributed by atoms with E-state index in [1.54, 1.807) is 12.7 Å². The summed E-state index contributed by atoms with van der Waals surface area (Å²) in [6, 6.07) is 4.14. The van der Waals surface area contributed by atoms with Gasteiger partial charge in [-0.25, -0.2) is 4.68 Å². The van der Waals surface area contributed by atoms with Gasteiger partial charge in [-0.15, -0.1) is 10.2 Å². The van der Waals surface area contributed by atoms with Crippen molar-refractivity contribution >= 4 is 10.9 Å². The van der Waals surface area contributed by atoms with Crippen molar-refractivity contribution < 1.29 is 4.74 Å². The van der Waals surface area contributed by atoms with Crippen molar-refractivity contribution in [1.29, 1.82) is 0 Å². The summed E-state index contributed by atoms with van der Waals surface area (Å²) < 4.78 is 9.72. The molecule has 0 amide bonds. The lowest BCUT2D eigenvalue weighted by molar-refractivity contribution is -0.0366. The first kappa shape index (κ1) is 13.4. The highest BCUT2D eigenvalue weighted by Crippen LogP contribution is 2.29. The summed E-state index contributed by atoms with van der Waals surface area (Å²) in [4.78, 5) is 0. The van der Waals surface area contributed by atoms with Crippen molar-refractivity contribution in [2.24, 2.45) is 5.73 Å². The number of nitrogens with zero attached hydrogens (tertiary/aromatic N) is 5. The summed E-state index contributed by atoms with van der Waals surface area (Å²) >= 11 is 0. The highest BCUT2D eigenvalue weighted by Gasteiger charge is 2.20. The molecule has 0 radical (unpaired) electrons. The minimum Gasteiger partial charge on any atom is -0.356 e. The molecule has 0 spiro atoms. The first-order valence-electron chi connectivity index (χ1n) is 7.53. The van der Waals surface area contributed by atoms with E-state index in [1.807, 2.05) is 15.4 Å². The van der Waals surface area contributed by atoms with Crippen LogP contribution in [0.3, 0.4) is 0 Å². The van der Waals surface area contributed by atoms with Crippen molar-refractivity contribution in [3.8, 4) is 5.69 Å². The largest absolute Gasteiger partial charge is 0.356 e. The van der Waals surface area contributed by atoms with Crippen LogP contribution in [0.4, 0.5) is 0 Å². The number of nitrogens with two attached hydrogens (primary N) is 1. The molecule has 0 aliphatic carbocycles. The van der Waals surface area contributed by atoms with Crippen molar-refractivity contribution in [1.82, 2.24) is 24.5 Å². The van der Waals surface area contributed by atoms with Gasteiger partial charge < -0.3 is 10.5 Å². The van der Waals surface area contributed by atoms with Crippen LogP contribution >= 0.6 is 0 Å². The normalized spacial score (nSPS) is 18.9. The molecule has 1 fully saturated rings. The van der Waals surface area contributed by atoms with Gasteiger partial charge in [0.2, 0.25) is 0 Å². The Morgan fingerprint density at radius 2 is 2.09 bits per heavy atom. The standard InChI is InChI=1S/C15H18N6O/c16-7-11-5-12(20-9-17-18-10-20)6-14-13(11)8-19-21(14)15-3-1-2-4-22-15/h5-6,8-10,15H,1-4,7,16H2. The average Bonchev–Trinajstić information content (AvgIpc) is 3.24. The first-order chi connectivity index (χ1) is 10.9. The molecule has 0 saturated carbocycles. The molecule has 22 heavy (non-hydrogen) atoms. The summed E-state index contributed by atoms with van der Waals surface area (Å²) in [5.41, 5.74) is 9.00. The van der Waals surface area contributed by atoms with Gasteiger partial charge in [-0.3, -0.25) is 4.57 Å².